The normalized spacial score (nSPS) is 11.9. The van der Waals surface area contributed by atoms with Crippen molar-refractivity contribution in [3.63, 3.8) is 0 Å². The van der Waals surface area contributed by atoms with Crippen LogP contribution < -0.4 is 5.32 Å². The maximum absolute atomic E-state index is 12.2. The van der Waals surface area contributed by atoms with Gasteiger partial charge in [0.2, 0.25) is 5.76 Å². The first-order valence-corrected chi connectivity index (χ1v) is 7.72. The average Bonchev–Trinajstić information content (AvgIpc) is 3.06. The third-order valence-corrected chi connectivity index (χ3v) is 3.72. The molecule has 0 aliphatic heterocycles. The lowest BCUT2D eigenvalue weighted by molar-refractivity contribution is 0.0902. The third kappa shape index (κ3) is 3.62. The van der Waals surface area contributed by atoms with Crippen molar-refractivity contribution in [2.24, 2.45) is 0 Å². The van der Waals surface area contributed by atoms with Crippen molar-refractivity contribution < 1.29 is 9.32 Å². The van der Waals surface area contributed by atoms with E-state index < -0.39 is 0 Å². The largest absolute Gasteiger partial charge is 0.350 e. The Bertz CT molecular complexity index is 820. The number of benzene rings is 1. The van der Waals surface area contributed by atoms with Crippen LogP contribution in [0.15, 0.2) is 57.9 Å². The Morgan fingerprint density at radius 2 is 2.17 bits per heavy atom. The SMILES string of the molecule is C[C@@H](NC(=O)c1cc(-c2cccc(Br)c2)no1)c1cnccn1. The van der Waals surface area contributed by atoms with Gasteiger partial charge < -0.3 is 9.84 Å². The minimum absolute atomic E-state index is 0.149. The number of carbonyl (C=O) groups excluding carboxylic acids is 1. The first-order chi connectivity index (χ1) is 11.1. The van der Waals surface area contributed by atoms with Gasteiger partial charge in [0.1, 0.15) is 5.69 Å². The van der Waals surface area contributed by atoms with E-state index in [4.69, 9.17) is 4.52 Å². The number of amides is 1. The second-order valence-corrected chi connectivity index (χ2v) is 5.83. The monoisotopic (exact) mass is 372 g/mol. The maximum Gasteiger partial charge on any atom is 0.290 e. The number of halogens is 1. The number of hydrogen-bond acceptors (Lipinski definition) is 5. The lowest BCUT2D eigenvalue weighted by Gasteiger charge is -2.10. The Labute approximate surface area is 141 Å². The number of rotatable bonds is 4. The maximum atomic E-state index is 12.2. The molecule has 2 heterocycles. The van der Waals surface area contributed by atoms with E-state index >= 15 is 0 Å². The van der Waals surface area contributed by atoms with Gasteiger partial charge in [0.15, 0.2) is 0 Å². The summed E-state index contributed by atoms with van der Waals surface area (Å²) in [7, 11) is 0. The van der Waals surface area contributed by atoms with Crippen molar-refractivity contribution in [3.05, 3.63) is 64.8 Å². The first-order valence-electron chi connectivity index (χ1n) is 6.93. The molecule has 0 saturated heterocycles. The van der Waals surface area contributed by atoms with Gasteiger partial charge in [-0.1, -0.05) is 33.2 Å². The molecular weight excluding hydrogens is 360 g/mol. The van der Waals surface area contributed by atoms with Crippen LogP contribution in [0.4, 0.5) is 0 Å². The minimum atomic E-state index is -0.350. The van der Waals surface area contributed by atoms with Crippen LogP contribution in [0.2, 0.25) is 0 Å². The lowest BCUT2D eigenvalue weighted by atomic mass is 10.1. The standard InChI is InChI=1S/C16H13BrN4O2/c1-10(14-9-18-5-6-19-14)20-16(22)15-8-13(21-23-15)11-3-2-4-12(17)7-11/h2-10H,1H3,(H,20,22)/t10-/m1/s1. The van der Waals surface area contributed by atoms with E-state index in [1.807, 2.05) is 31.2 Å². The van der Waals surface area contributed by atoms with Crippen LogP contribution >= 0.6 is 15.9 Å². The van der Waals surface area contributed by atoms with Gasteiger partial charge in [0, 0.05) is 28.5 Å². The Kier molecular flexibility index (Phi) is 4.47. The summed E-state index contributed by atoms with van der Waals surface area (Å²) >= 11 is 3.40. The highest BCUT2D eigenvalue weighted by Crippen LogP contribution is 2.23. The molecule has 0 aliphatic carbocycles. The lowest BCUT2D eigenvalue weighted by Crippen LogP contribution is -2.26. The van der Waals surface area contributed by atoms with Crippen LogP contribution in [0.3, 0.4) is 0 Å². The Balaban J connectivity index is 1.74. The van der Waals surface area contributed by atoms with E-state index in [2.05, 4.69) is 36.4 Å². The highest BCUT2D eigenvalue weighted by Gasteiger charge is 2.17. The molecule has 0 saturated carbocycles. The van der Waals surface area contributed by atoms with Crippen molar-refractivity contribution in [2.75, 3.05) is 0 Å². The highest BCUT2D eigenvalue weighted by molar-refractivity contribution is 9.10. The summed E-state index contributed by atoms with van der Waals surface area (Å²) in [6.45, 7) is 1.83. The molecule has 0 fully saturated rings. The van der Waals surface area contributed by atoms with Gasteiger partial charge in [-0.15, -0.1) is 0 Å². The van der Waals surface area contributed by atoms with Gasteiger partial charge >= 0.3 is 0 Å². The van der Waals surface area contributed by atoms with E-state index in [1.165, 1.54) is 0 Å². The van der Waals surface area contributed by atoms with Crippen molar-refractivity contribution >= 4 is 21.8 Å². The molecule has 1 N–H and O–H groups in total. The van der Waals surface area contributed by atoms with Gasteiger partial charge in [-0.25, -0.2) is 0 Å². The van der Waals surface area contributed by atoms with Gasteiger partial charge in [-0.05, 0) is 19.1 Å². The Morgan fingerprint density at radius 1 is 1.30 bits per heavy atom. The van der Waals surface area contributed by atoms with Gasteiger partial charge in [0.05, 0.1) is 17.9 Å². The average molecular weight is 373 g/mol. The van der Waals surface area contributed by atoms with Crippen molar-refractivity contribution in [2.45, 2.75) is 13.0 Å². The second kappa shape index (κ2) is 6.70. The summed E-state index contributed by atoms with van der Waals surface area (Å²) in [4.78, 5) is 20.4. The molecule has 1 amide bonds. The van der Waals surface area contributed by atoms with Crippen molar-refractivity contribution in [3.8, 4) is 11.3 Å². The third-order valence-electron chi connectivity index (χ3n) is 3.23. The number of nitrogens with zero attached hydrogens (tertiary/aromatic N) is 3. The van der Waals surface area contributed by atoms with E-state index in [0.717, 1.165) is 10.0 Å². The zero-order valence-electron chi connectivity index (χ0n) is 12.2. The molecule has 3 rings (SSSR count). The van der Waals surface area contributed by atoms with Gasteiger partial charge in [0.25, 0.3) is 5.91 Å². The predicted molar refractivity (Wildman–Crippen MR) is 87.6 cm³/mol. The fraction of sp³-hybridized carbons (Fsp3) is 0.125. The summed E-state index contributed by atoms with van der Waals surface area (Å²) in [5.41, 5.74) is 2.14. The van der Waals surface area contributed by atoms with Gasteiger partial charge in [-0.3, -0.25) is 14.8 Å². The minimum Gasteiger partial charge on any atom is -0.350 e. The highest BCUT2D eigenvalue weighted by atomic mass is 79.9. The zero-order valence-corrected chi connectivity index (χ0v) is 13.8. The van der Waals surface area contributed by atoms with Crippen LogP contribution in [0.1, 0.15) is 29.2 Å². The Hall–Kier alpha value is -2.54. The van der Waals surface area contributed by atoms with E-state index in [-0.39, 0.29) is 17.7 Å². The zero-order chi connectivity index (χ0) is 16.2. The topological polar surface area (TPSA) is 80.9 Å². The van der Waals surface area contributed by atoms with Crippen LogP contribution in [0.5, 0.6) is 0 Å². The van der Waals surface area contributed by atoms with Crippen molar-refractivity contribution in [1.82, 2.24) is 20.4 Å². The van der Waals surface area contributed by atoms with E-state index in [9.17, 15) is 4.79 Å². The summed E-state index contributed by atoms with van der Waals surface area (Å²) in [6, 6.07) is 8.94. The molecular formula is C16H13BrN4O2. The summed E-state index contributed by atoms with van der Waals surface area (Å²) in [6.07, 6.45) is 4.77. The molecule has 0 spiro atoms. The number of hydrogen-bond donors (Lipinski definition) is 1. The first kappa shape index (κ1) is 15.4. The molecule has 0 radical (unpaired) electrons. The molecule has 6 nitrogen and oxygen atoms in total. The van der Waals surface area contributed by atoms with E-state index in [1.54, 1.807) is 24.7 Å². The molecule has 0 unspecified atom stereocenters. The predicted octanol–water partition coefficient (Wildman–Crippen LogP) is 3.39. The molecule has 0 aliphatic rings. The molecule has 2 aromatic heterocycles. The van der Waals surface area contributed by atoms with Crippen LogP contribution in [-0.4, -0.2) is 21.0 Å². The molecule has 1 aromatic carbocycles. The molecule has 7 heteroatoms. The second-order valence-electron chi connectivity index (χ2n) is 4.91. The summed E-state index contributed by atoms with van der Waals surface area (Å²) < 4.78 is 6.07. The molecule has 23 heavy (non-hydrogen) atoms. The summed E-state index contributed by atoms with van der Waals surface area (Å²) in [5.74, 6) is -0.201. The molecule has 3 aromatic rings. The number of aromatic nitrogens is 3. The Morgan fingerprint density at radius 3 is 2.91 bits per heavy atom. The molecule has 116 valence electrons. The van der Waals surface area contributed by atoms with Crippen LogP contribution in [0, 0.1) is 0 Å². The van der Waals surface area contributed by atoms with Crippen LogP contribution in [0.25, 0.3) is 11.3 Å². The van der Waals surface area contributed by atoms with Crippen LogP contribution in [-0.2, 0) is 0 Å². The van der Waals surface area contributed by atoms with E-state index in [0.29, 0.717) is 11.4 Å². The summed E-state index contributed by atoms with van der Waals surface area (Å²) in [5, 5.41) is 6.75. The quantitative estimate of drug-likeness (QED) is 0.758. The molecule has 1 atom stereocenters. The van der Waals surface area contributed by atoms with Gasteiger partial charge in [-0.2, -0.15) is 0 Å². The fourth-order valence-electron chi connectivity index (χ4n) is 2.04. The smallest absolute Gasteiger partial charge is 0.290 e. The number of nitrogens with one attached hydrogen (secondary N) is 1. The number of carbonyl (C=O) groups is 1. The fourth-order valence-corrected chi connectivity index (χ4v) is 2.44. The van der Waals surface area contributed by atoms with Crippen molar-refractivity contribution in [1.29, 1.82) is 0 Å². The molecule has 0 bridgehead atoms.